The number of halogens is 2. The Balaban J connectivity index is 1.93. The molecule has 0 bridgehead atoms. The zero-order valence-electron chi connectivity index (χ0n) is 14.0. The fraction of sp³-hybridized carbons (Fsp3) is 0.235. The molecule has 0 atom stereocenters. The number of methoxy groups -OCH3 is 1. The zero-order chi connectivity index (χ0) is 18.7. The van der Waals surface area contributed by atoms with Gasteiger partial charge in [0, 0.05) is 4.88 Å². The van der Waals surface area contributed by atoms with Gasteiger partial charge < -0.3 is 9.47 Å². The summed E-state index contributed by atoms with van der Waals surface area (Å²) in [5.74, 6) is 0.0610. The van der Waals surface area contributed by atoms with Crippen molar-refractivity contribution in [1.29, 1.82) is 0 Å². The molecule has 0 fully saturated rings. The summed E-state index contributed by atoms with van der Waals surface area (Å²) in [6, 6.07) is 6.25. The number of benzene rings is 1. The number of hydrogen-bond donors (Lipinski definition) is 0. The van der Waals surface area contributed by atoms with Gasteiger partial charge in [0.05, 0.1) is 18.7 Å². The number of ether oxygens (including phenoxy) is 2. The van der Waals surface area contributed by atoms with E-state index in [4.69, 9.17) is 4.74 Å². The van der Waals surface area contributed by atoms with Crippen LogP contribution in [-0.4, -0.2) is 29.6 Å². The van der Waals surface area contributed by atoms with Crippen LogP contribution in [0.4, 0.5) is 8.78 Å². The fourth-order valence-corrected chi connectivity index (χ4v) is 3.24. The largest absolute Gasteiger partial charge is 0.493 e. The number of rotatable bonds is 6. The maximum absolute atomic E-state index is 12.5. The van der Waals surface area contributed by atoms with Crippen molar-refractivity contribution in [2.75, 3.05) is 7.11 Å². The number of alkyl halides is 2. The van der Waals surface area contributed by atoms with Crippen LogP contribution < -0.4 is 15.0 Å². The molecule has 2 heterocycles. The first-order chi connectivity index (χ1) is 12.5. The van der Waals surface area contributed by atoms with E-state index < -0.39 is 6.61 Å². The number of thiophene rings is 1. The molecule has 9 heteroatoms. The predicted molar refractivity (Wildman–Crippen MR) is 95.9 cm³/mol. The van der Waals surface area contributed by atoms with Crippen molar-refractivity contribution in [1.82, 2.24) is 9.66 Å². The van der Waals surface area contributed by atoms with Gasteiger partial charge in [-0.05, 0) is 36.2 Å². The van der Waals surface area contributed by atoms with Crippen LogP contribution in [0.5, 0.6) is 11.5 Å². The van der Waals surface area contributed by atoms with Gasteiger partial charge in [0.25, 0.3) is 5.56 Å². The van der Waals surface area contributed by atoms with E-state index in [9.17, 15) is 13.6 Å². The minimum absolute atomic E-state index is 0.113. The Hall–Kier alpha value is -2.81. The van der Waals surface area contributed by atoms with E-state index in [1.807, 2.05) is 13.0 Å². The number of hydrogen-bond acceptors (Lipinski definition) is 6. The molecule has 2 aromatic heterocycles. The van der Waals surface area contributed by atoms with Crippen molar-refractivity contribution >= 4 is 27.8 Å². The van der Waals surface area contributed by atoms with E-state index >= 15 is 0 Å². The monoisotopic (exact) mass is 379 g/mol. The van der Waals surface area contributed by atoms with Crippen LogP contribution in [0.2, 0.25) is 0 Å². The van der Waals surface area contributed by atoms with E-state index in [2.05, 4.69) is 14.8 Å². The van der Waals surface area contributed by atoms with Crippen LogP contribution in [0.25, 0.3) is 10.2 Å². The van der Waals surface area contributed by atoms with Gasteiger partial charge in [0.1, 0.15) is 11.2 Å². The highest BCUT2D eigenvalue weighted by Crippen LogP contribution is 2.29. The lowest BCUT2D eigenvalue weighted by Gasteiger charge is -2.10. The fourth-order valence-electron chi connectivity index (χ4n) is 2.31. The third-order valence-corrected chi connectivity index (χ3v) is 4.76. The van der Waals surface area contributed by atoms with E-state index in [0.717, 1.165) is 16.0 Å². The lowest BCUT2D eigenvalue weighted by atomic mass is 10.2. The van der Waals surface area contributed by atoms with Crippen LogP contribution in [0.1, 0.15) is 17.4 Å². The molecular formula is C17H15F2N3O3S. The number of aryl methyl sites for hydroxylation is 1. The second-order valence-electron chi connectivity index (χ2n) is 5.21. The molecule has 0 aliphatic heterocycles. The van der Waals surface area contributed by atoms with Crippen molar-refractivity contribution in [3.05, 3.63) is 51.4 Å². The van der Waals surface area contributed by atoms with Crippen molar-refractivity contribution in [2.24, 2.45) is 5.10 Å². The van der Waals surface area contributed by atoms with Gasteiger partial charge in [-0.3, -0.25) is 4.79 Å². The zero-order valence-corrected chi connectivity index (χ0v) is 14.8. The molecule has 0 radical (unpaired) electrons. The van der Waals surface area contributed by atoms with Crippen molar-refractivity contribution < 1.29 is 18.3 Å². The summed E-state index contributed by atoms with van der Waals surface area (Å²) in [5, 5.41) is 4.58. The summed E-state index contributed by atoms with van der Waals surface area (Å²) in [6.07, 6.45) is 3.51. The molecule has 0 saturated heterocycles. The molecule has 1 aromatic carbocycles. The topological polar surface area (TPSA) is 65.7 Å². The molecule has 6 nitrogen and oxygen atoms in total. The third kappa shape index (κ3) is 3.72. The van der Waals surface area contributed by atoms with Gasteiger partial charge in [-0.1, -0.05) is 6.92 Å². The maximum atomic E-state index is 12.5. The smallest absolute Gasteiger partial charge is 0.387 e. The number of aromatic nitrogens is 2. The second-order valence-corrected chi connectivity index (χ2v) is 6.33. The van der Waals surface area contributed by atoms with Gasteiger partial charge in [0.15, 0.2) is 11.5 Å². The van der Waals surface area contributed by atoms with Gasteiger partial charge in [-0.15, -0.1) is 11.3 Å². The molecule has 0 aliphatic rings. The maximum Gasteiger partial charge on any atom is 0.387 e. The lowest BCUT2D eigenvalue weighted by molar-refractivity contribution is -0.0512. The first kappa shape index (κ1) is 18.0. The van der Waals surface area contributed by atoms with E-state index in [1.54, 1.807) is 6.07 Å². The summed E-state index contributed by atoms with van der Waals surface area (Å²) >= 11 is 1.47. The molecule has 3 aromatic rings. The van der Waals surface area contributed by atoms with Gasteiger partial charge in [-0.25, -0.2) is 4.98 Å². The Morgan fingerprint density at radius 1 is 1.35 bits per heavy atom. The summed E-state index contributed by atoms with van der Waals surface area (Å²) in [6.45, 7) is -0.971. The second kappa shape index (κ2) is 7.61. The molecule has 0 aliphatic carbocycles. The van der Waals surface area contributed by atoms with Gasteiger partial charge >= 0.3 is 6.61 Å². The Bertz CT molecular complexity index is 1010. The molecule has 0 N–H and O–H groups in total. The van der Waals surface area contributed by atoms with Gasteiger partial charge in [0.2, 0.25) is 0 Å². The third-order valence-electron chi connectivity index (χ3n) is 3.57. The average molecular weight is 379 g/mol. The standard InChI is InChI=1S/C17H15F2N3O3S/c1-3-11-7-12-15(26-11)20-9-22(16(12)23)21-8-10-4-5-13(24-2)14(6-10)25-17(18)19/h4-9,17H,3H2,1-2H3/b21-8-. The first-order valence-corrected chi connectivity index (χ1v) is 8.50. The minimum atomic E-state index is -2.98. The SMILES string of the molecule is CCc1cc2c(=O)n(/N=C\c3ccc(OC)c(OC(F)F)c3)cnc2s1. The van der Waals surface area contributed by atoms with Crippen LogP contribution in [0, 0.1) is 0 Å². The van der Waals surface area contributed by atoms with Crippen molar-refractivity contribution in [3.8, 4) is 11.5 Å². The Morgan fingerprint density at radius 2 is 2.15 bits per heavy atom. The number of nitrogens with zero attached hydrogens (tertiary/aromatic N) is 3. The molecule has 136 valence electrons. The van der Waals surface area contributed by atoms with Crippen LogP contribution >= 0.6 is 11.3 Å². The highest BCUT2D eigenvalue weighted by molar-refractivity contribution is 7.18. The van der Waals surface area contributed by atoms with Crippen molar-refractivity contribution in [2.45, 2.75) is 20.0 Å². The Morgan fingerprint density at radius 3 is 2.85 bits per heavy atom. The van der Waals surface area contributed by atoms with Crippen LogP contribution in [-0.2, 0) is 6.42 Å². The Kier molecular flexibility index (Phi) is 5.27. The van der Waals surface area contributed by atoms with E-state index in [-0.39, 0.29) is 17.1 Å². The van der Waals surface area contributed by atoms with Crippen LogP contribution in [0.15, 0.2) is 40.5 Å². The predicted octanol–water partition coefficient (Wildman–Crippen LogP) is 3.51. The van der Waals surface area contributed by atoms with E-state index in [0.29, 0.717) is 15.8 Å². The molecule has 0 spiro atoms. The van der Waals surface area contributed by atoms with Crippen LogP contribution in [0.3, 0.4) is 0 Å². The highest BCUT2D eigenvalue weighted by Gasteiger charge is 2.11. The van der Waals surface area contributed by atoms with E-state index in [1.165, 1.54) is 43.1 Å². The molecule has 0 saturated carbocycles. The number of fused-ring (bicyclic) bond motifs is 1. The summed E-state index contributed by atoms with van der Waals surface area (Å²) in [4.78, 5) is 18.4. The first-order valence-electron chi connectivity index (χ1n) is 7.69. The quantitative estimate of drug-likeness (QED) is 0.615. The summed E-state index contributed by atoms with van der Waals surface area (Å²) in [7, 11) is 1.35. The summed E-state index contributed by atoms with van der Waals surface area (Å²) < 4.78 is 35.5. The summed E-state index contributed by atoms with van der Waals surface area (Å²) in [5.41, 5.74) is 0.174. The molecule has 26 heavy (non-hydrogen) atoms. The minimum Gasteiger partial charge on any atom is -0.493 e. The lowest BCUT2D eigenvalue weighted by Crippen LogP contribution is -2.16. The molecule has 3 rings (SSSR count). The highest BCUT2D eigenvalue weighted by atomic mass is 32.1. The molecule has 0 amide bonds. The molecule has 0 unspecified atom stereocenters. The van der Waals surface area contributed by atoms with Gasteiger partial charge in [-0.2, -0.15) is 18.6 Å². The Labute approximate surface area is 151 Å². The normalized spacial score (nSPS) is 11.6. The van der Waals surface area contributed by atoms with Crippen molar-refractivity contribution in [3.63, 3.8) is 0 Å². The molecular weight excluding hydrogens is 364 g/mol. The average Bonchev–Trinajstić information content (AvgIpc) is 3.05.